The second-order valence-electron chi connectivity index (χ2n) is 7.08. The summed E-state index contributed by atoms with van der Waals surface area (Å²) in [7, 11) is 0. The van der Waals surface area contributed by atoms with Crippen LogP contribution < -0.4 is 10.9 Å². The number of carbonyl (C=O) groups excluding carboxylic acids is 3. The van der Waals surface area contributed by atoms with Crippen molar-refractivity contribution in [2.45, 2.75) is 32.6 Å². The van der Waals surface area contributed by atoms with E-state index in [2.05, 4.69) is 10.3 Å². The number of Topliss-reactive ketones (excluding diaryl/α,β-unsaturated/α-hetero) is 1. The number of pyridine rings is 1. The molecule has 0 radical (unpaired) electrons. The van der Waals surface area contributed by atoms with E-state index in [-0.39, 0.29) is 29.5 Å². The summed E-state index contributed by atoms with van der Waals surface area (Å²) in [6.45, 7) is 1.86. The van der Waals surface area contributed by atoms with Crippen LogP contribution in [0.1, 0.15) is 52.6 Å². The van der Waals surface area contributed by atoms with Crippen molar-refractivity contribution >= 4 is 46.5 Å². The number of H-pyrrole nitrogens is 1. The molecule has 2 N–H and O–H groups in total. The fourth-order valence-corrected chi connectivity index (χ4v) is 3.84. The molecule has 0 fully saturated rings. The molecule has 7 nitrogen and oxygen atoms in total. The minimum Gasteiger partial charge on any atom is -0.329 e. The first kappa shape index (κ1) is 22.1. The first-order valence-electron chi connectivity index (χ1n) is 9.63. The molecule has 0 saturated carbocycles. The number of nitrogens with one attached hydrogen (secondary N) is 2. The third-order valence-corrected chi connectivity index (χ3v) is 5.35. The zero-order chi connectivity index (χ0) is 21.8. The number of fused-ring (bicyclic) bond motifs is 1. The van der Waals surface area contributed by atoms with Gasteiger partial charge in [0.1, 0.15) is 12.1 Å². The van der Waals surface area contributed by atoms with Crippen LogP contribution in [0, 0.1) is 0 Å². The number of benzene rings is 1. The topological polar surface area (TPSA) is 99.3 Å². The third kappa shape index (κ3) is 4.91. The summed E-state index contributed by atoms with van der Waals surface area (Å²) in [5.74, 6) is -1.16. The van der Waals surface area contributed by atoms with Crippen LogP contribution in [0.4, 0.5) is 5.69 Å². The van der Waals surface area contributed by atoms with Gasteiger partial charge in [-0.2, -0.15) is 0 Å². The molecule has 2 amide bonds. The average molecular weight is 450 g/mol. The van der Waals surface area contributed by atoms with Gasteiger partial charge in [-0.05, 0) is 43.5 Å². The molecule has 3 rings (SSSR count). The van der Waals surface area contributed by atoms with E-state index < -0.39 is 17.4 Å². The fraction of sp³-hybridized carbons (Fsp3) is 0.333. The van der Waals surface area contributed by atoms with Crippen LogP contribution in [-0.4, -0.2) is 40.6 Å². The summed E-state index contributed by atoms with van der Waals surface area (Å²) in [5, 5.41) is 3.35. The number of rotatable bonds is 6. The Kier molecular flexibility index (Phi) is 6.95. The van der Waals surface area contributed by atoms with Crippen LogP contribution in [0.5, 0.6) is 0 Å². The van der Waals surface area contributed by atoms with Crippen LogP contribution in [0.15, 0.2) is 29.1 Å². The van der Waals surface area contributed by atoms with Gasteiger partial charge < -0.3 is 15.2 Å². The van der Waals surface area contributed by atoms with Gasteiger partial charge in [0, 0.05) is 29.2 Å². The highest BCUT2D eigenvalue weighted by Crippen LogP contribution is 2.25. The Labute approximate surface area is 183 Å². The van der Waals surface area contributed by atoms with E-state index in [0.717, 1.165) is 0 Å². The Morgan fingerprint density at radius 3 is 2.63 bits per heavy atom. The summed E-state index contributed by atoms with van der Waals surface area (Å²) in [6.07, 6.45) is 2.23. The molecule has 0 saturated heterocycles. The molecule has 0 unspecified atom stereocenters. The third-order valence-electron chi connectivity index (χ3n) is 4.80. The minimum absolute atomic E-state index is 0.0984. The molecule has 1 aromatic heterocycles. The normalized spacial score (nSPS) is 13.0. The predicted octanol–water partition coefficient (Wildman–Crippen LogP) is 3.69. The maximum absolute atomic E-state index is 13.0. The van der Waals surface area contributed by atoms with Crippen LogP contribution in [0.3, 0.4) is 0 Å². The van der Waals surface area contributed by atoms with Gasteiger partial charge in [-0.25, -0.2) is 0 Å². The van der Waals surface area contributed by atoms with Crippen molar-refractivity contribution in [1.29, 1.82) is 0 Å². The lowest BCUT2D eigenvalue weighted by molar-refractivity contribution is -0.116. The van der Waals surface area contributed by atoms with E-state index in [0.29, 0.717) is 47.7 Å². The standard InChI is InChI=1S/C21H21Cl2N3O4/c1-2-8-26(11-19(28)24-17-7-6-12(22)9-15(17)23)21(30)14-10-13-16(25-20(14)29)4-3-5-18(13)27/h6-7,9-10H,2-5,8,11H2,1H3,(H,24,28)(H,25,29). The highest BCUT2D eigenvalue weighted by Gasteiger charge is 2.25. The van der Waals surface area contributed by atoms with Gasteiger partial charge in [0.2, 0.25) is 5.91 Å². The van der Waals surface area contributed by atoms with Crippen LogP contribution in [0.25, 0.3) is 0 Å². The largest absolute Gasteiger partial charge is 0.329 e. The molecule has 1 aromatic carbocycles. The Hall–Kier alpha value is -2.64. The zero-order valence-electron chi connectivity index (χ0n) is 16.4. The van der Waals surface area contributed by atoms with E-state index in [1.54, 1.807) is 12.1 Å². The molecule has 0 aliphatic heterocycles. The fourth-order valence-electron chi connectivity index (χ4n) is 3.38. The Balaban J connectivity index is 1.81. The summed E-state index contributed by atoms with van der Waals surface area (Å²) in [5.41, 5.74) is 0.598. The van der Waals surface area contributed by atoms with Gasteiger partial charge in [-0.1, -0.05) is 30.1 Å². The number of aromatic amines is 1. The highest BCUT2D eigenvalue weighted by atomic mass is 35.5. The number of hydrogen-bond acceptors (Lipinski definition) is 4. The van der Waals surface area contributed by atoms with E-state index in [1.165, 1.54) is 17.0 Å². The van der Waals surface area contributed by atoms with Crippen molar-refractivity contribution in [2.24, 2.45) is 0 Å². The van der Waals surface area contributed by atoms with Crippen molar-refractivity contribution < 1.29 is 14.4 Å². The first-order valence-corrected chi connectivity index (χ1v) is 10.4. The van der Waals surface area contributed by atoms with Crippen LogP contribution >= 0.6 is 23.2 Å². The molecule has 30 heavy (non-hydrogen) atoms. The molecule has 9 heteroatoms. The molecule has 0 spiro atoms. The second kappa shape index (κ2) is 9.45. The number of aromatic nitrogens is 1. The van der Waals surface area contributed by atoms with Crippen molar-refractivity contribution in [3.63, 3.8) is 0 Å². The van der Waals surface area contributed by atoms with Gasteiger partial charge >= 0.3 is 0 Å². The van der Waals surface area contributed by atoms with Gasteiger partial charge in [0.15, 0.2) is 5.78 Å². The number of hydrogen-bond donors (Lipinski definition) is 2. The van der Waals surface area contributed by atoms with Crippen LogP contribution in [-0.2, 0) is 11.2 Å². The quantitative estimate of drug-likeness (QED) is 0.701. The Morgan fingerprint density at radius 1 is 1.17 bits per heavy atom. The molecule has 1 heterocycles. The smallest absolute Gasteiger partial charge is 0.261 e. The van der Waals surface area contributed by atoms with Gasteiger partial charge in [-0.15, -0.1) is 0 Å². The second-order valence-corrected chi connectivity index (χ2v) is 7.92. The molecular formula is C21H21Cl2N3O4. The lowest BCUT2D eigenvalue weighted by Crippen LogP contribution is -2.41. The number of halogens is 2. The Bertz CT molecular complexity index is 1060. The molecule has 2 aromatic rings. The highest BCUT2D eigenvalue weighted by molar-refractivity contribution is 6.36. The lowest BCUT2D eigenvalue weighted by Gasteiger charge is -2.22. The molecule has 0 bridgehead atoms. The van der Waals surface area contributed by atoms with E-state index in [4.69, 9.17) is 23.2 Å². The number of aryl methyl sites for hydroxylation is 1. The number of anilines is 1. The molecular weight excluding hydrogens is 429 g/mol. The van der Waals surface area contributed by atoms with Crippen molar-refractivity contribution in [3.8, 4) is 0 Å². The zero-order valence-corrected chi connectivity index (χ0v) is 17.9. The maximum atomic E-state index is 13.0. The predicted molar refractivity (Wildman–Crippen MR) is 116 cm³/mol. The van der Waals surface area contributed by atoms with Gasteiger partial charge in [0.05, 0.1) is 10.7 Å². The van der Waals surface area contributed by atoms with Crippen molar-refractivity contribution in [2.75, 3.05) is 18.4 Å². The summed E-state index contributed by atoms with van der Waals surface area (Å²) in [4.78, 5) is 54.1. The molecule has 158 valence electrons. The number of amides is 2. The molecule has 1 aliphatic rings. The average Bonchev–Trinajstić information content (AvgIpc) is 2.69. The van der Waals surface area contributed by atoms with Crippen LogP contribution in [0.2, 0.25) is 10.0 Å². The van der Waals surface area contributed by atoms with Gasteiger partial charge in [-0.3, -0.25) is 19.2 Å². The monoisotopic (exact) mass is 449 g/mol. The number of carbonyl (C=O) groups is 3. The maximum Gasteiger partial charge on any atom is 0.261 e. The van der Waals surface area contributed by atoms with E-state index in [1.807, 2.05) is 6.92 Å². The van der Waals surface area contributed by atoms with E-state index >= 15 is 0 Å². The Morgan fingerprint density at radius 2 is 1.93 bits per heavy atom. The number of ketones is 1. The summed E-state index contributed by atoms with van der Waals surface area (Å²) < 4.78 is 0. The SMILES string of the molecule is CCCN(CC(=O)Nc1ccc(Cl)cc1Cl)C(=O)c1cc2c([nH]c1=O)CCCC2=O. The van der Waals surface area contributed by atoms with Crippen molar-refractivity contribution in [3.05, 3.63) is 61.5 Å². The summed E-state index contributed by atoms with van der Waals surface area (Å²) in [6, 6.07) is 6.00. The number of nitrogens with zero attached hydrogens (tertiary/aromatic N) is 1. The van der Waals surface area contributed by atoms with Crippen molar-refractivity contribution in [1.82, 2.24) is 9.88 Å². The molecule has 0 atom stereocenters. The first-order chi connectivity index (χ1) is 14.3. The van der Waals surface area contributed by atoms with E-state index in [9.17, 15) is 19.2 Å². The summed E-state index contributed by atoms with van der Waals surface area (Å²) >= 11 is 11.9. The lowest BCUT2D eigenvalue weighted by atomic mass is 9.93. The molecule has 1 aliphatic carbocycles. The minimum atomic E-state index is -0.600. The van der Waals surface area contributed by atoms with Gasteiger partial charge in [0.25, 0.3) is 11.5 Å².